The second-order valence-electron chi connectivity index (χ2n) is 2.62. The van der Waals surface area contributed by atoms with Crippen molar-refractivity contribution in [3.8, 4) is 0 Å². The van der Waals surface area contributed by atoms with Crippen LogP contribution >= 0.6 is 11.6 Å². The Morgan fingerprint density at radius 2 is 2.31 bits per heavy atom. The number of carboxylic acids is 1. The highest BCUT2D eigenvalue weighted by Gasteiger charge is 2.04. The number of rotatable bonds is 3. The van der Waals surface area contributed by atoms with E-state index in [-0.39, 0.29) is 6.42 Å². The van der Waals surface area contributed by atoms with Gasteiger partial charge in [0.2, 0.25) is 0 Å². The molecule has 0 aliphatic carbocycles. The molecule has 0 aliphatic rings. The second-order valence-corrected chi connectivity index (χ2v) is 3.05. The van der Waals surface area contributed by atoms with Gasteiger partial charge in [0.1, 0.15) is 0 Å². The van der Waals surface area contributed by atoms with Gasteiger partial charge in [0.05, 0.1) is 6.42 Å². The summed E-state index contributed by atoms with van der Waals surface area (Å²) in [4.78, 5) is 10.5. The SMILES string of the molecule is C=Cc1cc(Cl)ccc1CC(=O)O. The van der Waals surface area contributed by atoms with Gasteiger partial charge in [0, 0.05) is 5.02 Å². The first-order valence-corrected chi connectivity index (χ1v) is 4.14. The Bertz CT molecular complexity index is 345. The summed E-state index contributed by atoms with van der Waals surface area (Å²) in [6.07, 6.45) is 1.60. The summed E-state index contributed by atoms with van der Waals surface area (Å²) in [5.41, 5.74) is 1.50. The highest BCUT2D eigenvalue weighted by molar-refractivity contribution is 6.30. The highest BCUT2D eigenvalue weighted by Crippen LogP contribution is 2.17. The lowest BCUT2D eigenvalue weighted by atomic mass is 10.1. The minimum atomic E-state index is -0.856. The van der Waals surface area contributed by atoms with Gasteiger partial charge in [-0.25, -0.2) is 0 Å². The lowest BCUT2D eigenvalue weighted by Crippen LogP contribution is -2.01. The molecule has 0 amide bonds. The summed E-state index contributed by atoms with van der Waals surface area (Å²) in [7, 11) is 0. The lowest BCUT2D eigenvalue weighted by Gasteiger charge is -2.02. The predicted octanol–water partition coefficient (Wildman–Crippen LogP) is 2.61. The van der Waals surface area contributed by atoms with Crippen LogP contribution in [-0.4, -0.2) is 11.1 Å². The standard InChI is InChI=1S/C10H9ClO2/c1-2-7-5-9(11)4-3-8(7)6-10(12)13/h2-5H,1,6H2,(H,12,13). The van der Waals surface area contributed by atoms with Gasteiger partial charge in [-0.05, 0) is 23.3 Å². The van der Waals surface area contributed by atoms with Gasteiger partial charge >= 0.3 is 5.97 Å². The Kier molecular flexibility index (Phi) is 3.09. The van der Waals surface area contributed by atoms with E-state index in [4.69, 9.17) is 16.7 Å². The molecule has 1 aromatic carbocycles. The molecule has 1 N–H and O–H groups in total. The summed E-state index contributed by atoms with van der Waals surface area (Å²) >= 11 is 5.74. The molecule has 1 rings (SSSR count). The largest absolute Gasteiger partial charge is 0.481 e. The van der Waals surface area contributed by atoms with Crippen molar-refractivity contribution in [3.63, 3.8) is 0 Å². The molecule has 0 unspecified atom stereocenters. The van der Waals surface area contributed by atoms with E-state index in [1.165, 1.54) is 0 Å². The van der Waals surface area contributed by atoms with Crippen LogP contribution < -0.4 is 0 Å². The number of hydrogen-bond donors (Lipinski definition) is 1. The summed E-state index contributed by atoms with van der Waals surface area (Å²) < 4.78 is 0. The number of aliphatic carboxylic acids is 1. The van der Waals surface area contributed by atoms with E-state index >= 15 is 0 Å². The van der Waals surface area contributed by atoms with Crippen LogP contribution in [0.15, 0.2) is 24.8 Å². The van der Waals surface area contributed by atoms with Gasteiger partial charge in [0.15, 0.2) is 0 Å². The van der Waals surface area contributed by atoms with E-state index in [0.29, 0.717) is 5.02 Å². The van der Waals surface area contributed by atoms with Crippen molar-refractivity contribution in [3.05, 3.63) is 40.9 Å². The van der Waals surface area contributed by atoms with Crippen molar-refractivity contribution in [1.82, 2.24) is 0 Å². The maximum absolute atomic E-state index is 10.5. The number of hydrogen-bond acceptors (Lipinski definition) is 1. The fourth-order valence-corrected chi connectivity index (χ4v) is 1.26. The Hall–Kier alpha value is -1.28. The van der Waals surface area contributed by atoms with Crippen molar-refractivity contribution in [1.29, 1.82) is 0 Å². The summed E-state index contributed by atoms with van der Waals surface area (Å²) in [5, 5.41) is 9.18. The number of halogens is 1. The third-order valence-corrected chi connectivity index (χ3v) is 1.90. The van der Waals surface area contributed by atoms with E-state index < -0.39 is 5.97 Å². The van der Waals surface area contributed by atoms with Crippen molar-refractivity contribution in [2.45, 2.75) is 6.42 Å². The molecule has 0 saturated carbocycles. The van der Waals surface area contributed by atoms with Gasteiger partial charge in [-0.15, -0.1) is 0 Å². The van der Waals surface area contributed by atoms with Crippen molar-refractivity contribution < 1.29 is 9.90 Å². The van der Waals surface area contributed by atoms with Crippen LogP contribution in [0.2, 0.25) is 5.02 Å². The molecule has 0 spiro atoms. The summed E-state index contributed by atoms with van der Waals surface area (Å²) in [6, 6.07) is 5.08. The van der Waals surface area contributed by atoms with Gasteiger partial charge in [0.25, 0.3) is 0 Å². The first kappa shape index (κ1) is 9.81. The zero-order valence-electron chi connectivity index (χ0n) is 6.96. The minimum absolute atomic E-state index is 0.00147. The predicted molar refractivity (Wildman–Crippen MR) is 52.9 cm³/mol. The van der Waals surface area contributed by atoms with Gasteiger partial charge in [-0.2, -0.15) is 0 Å². The average molecular weight is 197 g/mol. The molecule has 68 valence electrons. The molecule has 1 aromatic rings. The first-order chi connectivity index (χ1) is 6.13. The summed E-state index contributed by atoms with van der Waals surface area (Å²) in [5.74, 6) is -0.856. The fourth-order valence-electron chi connectivity index (χ4n) is 1.08. The van der Waals surface area contributed by atoms with Crippen LogP contribution in [0.3, 0.4) is 0 Å². The topological polar surface area (TPSA) is 37.3 Å². The molecule has 0 aromatic heterocycles. The Balaban J connectivity index is 3.05. The minimum Gasteiger partial charge on any atom is -0.481 e. The van der Waals surface area contributed by atoms with Crippen LogP contribution in [0, 0.1) is 0 Å². The quantitative estimate of drug-likeness (QED) is 0.807. The monoisotopic (exact) mass is 196 g/mol. The molecule has 0 radical (unpaired) electrons. The second kappa shape index (κ2) is 4.10. The van der Waals surface area contributed by atoms with Gasteiger partial charge in [-0.1, -0.05) is 30.3 Å². The molecule has 13 heavy (non-hydrogen) atoms. The molecule has 2 nitrogen and oxygen atoms in total. The van der Waals surface area contributed by atoms with Crippen LogP contribution in [0.25, 0.3) is 6.08 Å². The molecule has 0 fully saturated rings. The highest BCUT2D eigenvalue weighted by atomic mass is 35.5. The molecular formula is C10H9ClO2. The lowest BCUT2D eigenvalue weighted by molar-refractivity contribution is -0.136. The third kappa shape index (κ3) is 2.60. The molecule has 0 aliphatic heterocycles. The van der Waals surface area contributed by atoms with Gasteiger partial charge < -0.3 is 5.11 Å². The van der Waals surface area contributed by atoms with Crippen LogP contribution in [0.4, 0.5) is 0 Å². The van der Waals surface area contributed by atoms with Crippen LogP contribution in [-0.2, 0) is 11.2 Å². The zero-order valence-corrected chi connectivity index (χ0v) is 7.71. The number of carbonyl (C=O) groups is 1. The smallest absolute Gasteiger partial charge is 0.307 e. The van der Waals surface area contributed by atoms with Crippen molar-refractivity contribution >= 4 is 23.6 Å². The Labute approximate surface area is 81.5 Å². The summed E-state index contributed by atoms with van der Waals surface area (Å²) in [6.45, 7) is 3.59. The van der Waals surface area contributed by atoms with Crippen LogP contribution in [0.1, 0.15) is 11.1 Å². The molecule has 0 bridgehead atoms. The Morgan fingerprint density at radius 3 is 2.85 bits per heavy atom. The molecule has 0 atom stereocenters. The fraction of sp³-hybridized carbons (Fsp3) is 0.100. The van der Waals surface area contributed by atoms with Crippen molar-refractivity contribution in [2.24, 2.45) is 0 Å². The van der Waals surface area contributed by atoms with E-state index in [9.17, 15) is 4.79 Å². The molecular weight excluding hydrogens is 188 g/mol. The van der Waals surface area contributed by atoms with Crippen LogP contribution in [0.5, 0.6) is 0 Å². The van der Waals surface area contributed by atoms with Crippen molar-refractivity contribution in [2.75, 3.05) is 0 Å². The van der Waals surface area contributed by atoms with E-state index in [0.717, 1.165) is 11.1 Å². The zero-order chi connectivity index (χ0) is 9.84. The average Bonchev–Trinajstić information content (AvgIpc) is 2.07. The molecule has 0 heterocycles. The third-order valence-electron chi connectivity index (χ3n) is 1.67. The van der Waals surface area contributed by atoms with E-state index in [2.05, 4.69) is 6.58 Å². The van der Waals surface area contributed by atoms with E-state index in [1.807, 2.05) is 0 Å². The molecule has 0 saturated heterocycles. The van der Waals surface area contributed by atoms with Gasteiger partial charge in [-0.3, -0.25) is 4.79 Å². The Morgan fingerprint density at radius 1 is 1.62 bits per heavy atom. The first-order valence-electron chi connectivity index (χ1n) is 3.76. The number of benzene rings is 1. The molecule has 3 heteroatoms. The maximum Gasteiger partial charge on any atom is 0.307 e. The normalized spacial score (nSPS) is 9.62. The maximum atomic E-state index is 10.5. The number of carboxylic acid groups (broad SMARTS) is 1. The van der Waals surface area contributed by atoms with E-state index in [1.54, 1.807) is 24.3 Å².